The van der Waals surface area contributed by atoms with Crippen LogP contribution in [-0.2, 0) is 4.74 Å². The molecule has 2 aromatic rings. The number of aromatic nitrogens is 3. The fraction of sp³-hybridized carbons (Fsp3) is 0.500. The van der Waals surface area contributed by atoms with E-state index in [4.69, 9.17) is 4.74 Å². The number of pyridine rings is 1. The van der Waals surface area contributed by atoms with Crippen molar-refractivity contribution >= 4 is 10.9 Å². The first kappa shape index (κ1) is 10.5. The van der Waals surface area contributed by atoms with Crippen molar-refractivity contribution in [1.82, 2.24) is 14.8 Å². The highest BCUT2D eigenvalue weighted by molar-refractivity contribution is 5.80. The molecule has 90 valence electrons. The normalized spacial score (nSPS) is 20.9. The summed E-state index contributed by atoms with van der Waals surface area (Å²) in [4.78, 5) is 14.4. The Morgan fingerprint density at radius 1 is 1.59 bits per heavy atom. The van der Waals surface area contributed by atoms with Crippen LogP contribution in [-0.4, -0.2) is 28.0 Å². The molecule has 1 aliphatic heterocycles. The highest BCUT2D eigenvalue weighted by Crippen LogP contribution is 2.24. The van der Waals surface area contributed by atoms with Crippen molar-refractivity contribution in [2.24, 2.45) is 0 Å². The number of fused-ring (bicyclic) bond motifs is 1. The van der Waals surface area contributed by atoms with Crippen LogP contribution in [0, 0.1) is 6.92 Å². The summed E-state index contributed by atoms with van der Waals surface area (Å²) in [6.45, 7) is 3.50. The second-order valence-electron chi connectivity index (χ2n) is 4.52. The Kier molecular flexibility index (Phi) is 2.48. The number of hydrogen-bond donors (Lipinski definition) is 1. The first-order chi connectivity index (χ1) is 8.27. The molecule has 5 nitrogen and oxygen atoms in total. The van der Waals surface area contributed by atoms with E-state index in [0.29, 0.717) is 12.0 Å². The number of nitrogens with one attached hydrogen (secondary N) is 1. The molecule has 0 aliphatic carbocycles. The zero-order valence-electron chi connectivity index (χ0n) is 9.77. The van der Waals surface area contributed by atoms with Gasteiger partial charge in [0.15, 0.2) is 0 Å². The van der Waals surface area contributed by atoms with Gasteiger partial charge in [0.2, 0.25) is 0 Å². The molecule has 0 aromatic carbocycles. The van der Waals surface area contributed by atoms with Crippen molar-refractivity contribution in [3.8, 4) is 0 Å². The van der Waals surface area contributed by atoms with Crippen LogP contribution in [0.3, 0.4) is 0 Å². The largest absolute Gasteiger partial charge is 0.379 e. The standard InChI is InChI=1S/C12H15N3O2/c1-8-5-13-12(16)10-6-14-15(11(8)10)9-3-2-4-17-7-9/h5-6,9H,2-4,7H2,1H3,(H,13,16). The number of hydrogen-bond acceptors (Lipinski definition) is 3. The maximum absolute atomic E-state index is 11.7. The lowest BCUT2D eigenvalue weighted by Crippen LogP contribution is -2.22. The number of ether oxygens (including phenoxy) is 1. The summed E-state index contributed by atoms with van der Waals surface area (Å²) in [5.41, 5.74) is 1.90. The number of H-pyrrole nitrogens is 1. The maximum Gasteiger partial charge on any atom is 0.259 e. The Labute approximate surface area is 98.4 Å². The minimum absolute atomic E-state index is 0.0754. The van der Waals surface area contributed by atoms with Crippen LogP contribution in [0.1, 0.15) is 24.4 Å². The van der Waals surface area contributed by atoms with Crippen LogP contribution in [0.5, 0.6) is 0 Å². The second-order valence-corrected chi connectivity index (χ2v) is 4.52. The molecule has 1 fully saturated rings. The van der Waals surface area contributed by atoms with E-state index in [2.05, 4.69) is 10.1 Å². The molecule has 17 heavy (non-hydrogen) atoms. The van der Waals surface area contributed by atoms with Gasteiger partial charge in [-0.3, -0.25) is 9.48 Å². The molecule has 1 unspecified atom stereocenters. The Hall–Kier alpha value is -1.62. The van der Waals surface area contributed by atoms with Crippen molar-refractivity contribution in [3.05, 3.63) is 28.3 Å². The lowest BCUT2D eigenvalue weighted by molar-refractivity contribution is 0.0564. The average molecular weight is 233 g/mol. The molecule has 0 bridgehead atoms. The van der Waals surface area contributed by atoms with E-state index in [1.54, 1.807) is 12.4 Å². The summed E-state index contributed by atoms with van der Waals surface area (Å²) in [5.74, 6) is 0. The molecule has 3 heterocycles. The quantitative estimate of drug-likeness (QED) is 0.809. The number of rotatable bonds is 1. The summed E-state index contributed by atoms with van der Waals surface area (Å²) < 4.78 is 7.42. The van der Waals surface area contributed by atoms with E-state index < -0.39 is 0 Å². The minimum atomic E-state index is -0.0754. The zero-order valence-corrected chi connectivity index (χ0v) is 9.77. The van der Waals surface area contributed by atoms with E-state index in [1.165, 1.54) is 0 Å². The molecular formula is C12H15N3O2. The van der Waals surface area contributed by atoms with Crippen LogP contribution < -0.4 is 5.56 Å². The molecule has 5 heteroatoms. The van der Waals surface area contributed by atoms with Crippen LogP contribution in [0.2, 0.25) is 0 Å². The van der Waals surface area contributed by atoms with Crippen LogP contribution in [0.25, 0.3) is 10.9 Å². The van der Waals surface area contributed by atoms with Gasteiger partial charge in [-0.2, -0.15) is 5.10 Å². The molecule has 0 amide bonds. The number of aromatic amines is 1. The zero-order chi connectivity index (χ0) is 11.8. The second kappa shape index (κ2) is 4.00. The molecule has 3 rings (SSSR count). The van der Waals surface area contributed by atoms with Crippen molar-refractivity contribution in [3.63, 3.8) is 0 Å². The predicted octanol–water partition coefficient (Wildman–Crippen LogP) is 1.38. The topological polar surface area (TPSA) is 59.9 Å². The maximum atomic E-state index is 11.7. The molecule has 2 aromatic heterocycles. The first-order valence-corrected chi connectivity index (χ1v) is 5.90. The fourth-order valence-electron chi connectivity index (χ4n) is 2.43. The van der Waals surface area contributed by atoms with Crippen LogP contribution >= 0.6 is 0 Å². The van der Waals surface area contributed by atoms with Crippen LogP contribution in [0.4, 0.5) is 0 Å². The van der Waals surface area contributed by atoms with Crippen molar-refractivity contribution in [2.45, 2.75) is 25.8 Å². The van der Waals surface area contributed by atoms with Crippen LogP contribution in [0.15, 0.2) is 17.2 Å². The van der Waals surface area contributed by atoms with E-state index >= 15 is 0 Å². The van der Waals surface area contributed by atoms with Gasteiger partial charge in [0.1, 0.15) is 0 Å². The lowest BCUT2D eigenvalue weighted by atomic mass is 10.1. The molecule has 1 atom stereocenters. The van der Waals surface area contributed by atoms with Gasteiger partial charge >= 0.3 is 0 Å². The summed E-state index contributed by atoms with van der Waals surface area (Å²) >= 11 is 0. The van der Waals surface area contributed by atoms with E-state index in [9.17, 15) is 4.79 Å². The lowest BCUT2D eigenvalue weighted by Gasteiger charge is -2.23. The third kappa shape index (κ3) is 1.67. The van der Waals surface area contributed by atoms with Gasteiger partial charge in [0.25, 0.3) is 5.56 Å². The average Bonchev–Trinajstić information content (AvgIpc) is 2.81. The molecule has 0 radical (unpaired) electrons. The molecule has 0 saturated carbocycles. The summed E-state index contributed by atoms with van der Waals surface area (Å²) in [7, 11) is 0. The van der Waals surface area contributed by atoms with Gasteiger partial charge in [0, 0.05) is 12.8 Å². The molecule has 1 N–H and O–H groups in total. The highest BCUT2D eigenvalue weighted by Gasteiger charge is 2.20. The summed E-state index contributed by atoms with van der Waals surface area (Å²) in [6, 6.07) is 0.252. The van der Waals surface area contributed by atoms with Crippen molar-refractivity contribution in [2.75, 3.05) is 13.2 Å². The highest BCUT2D eigenvalue weighted by atomic mass is 16.5. The Morgan fingerprint density at radius 3 is 3.24 bits per heavy atom. The Morgan fingerprint density at radius 2 is 2.47 bits per heavy atom. The minimum Gasteiger partial charge on any atom is -0.379 e. The monoisotopic (exact) mass is 233 g/mol. The van der Waals surface area contributed by atoms with Gasteiger partial charge in [-0.15, -0.1) is 0 Å². The molecule has 1 aliphatic rings. The van der Waals surface area contributed by atoms with Crippen molar-refractivity contribution < 1.29 is 4.74 Å². The summed E-state index contributed by atoms with van der Waals surface area (Å²) in [5, 5.41) is 5.02. The SMILES string of the molecule is Cc1c[nH]c(=O)c2cnn(C3CCCOC3)c12. The number of nitrogens with zero attached hydrogens (tertiary/aromatic N) is 2. The molecule has 1 saturated heterocycles. The molecular weight excluding hydrogens is 218 g/mol. The predicted molar refractivity (Wildman–Crippen MR) is 64.2 cm³/mol. The Balaban J connectivity index is 2.16. The van der Waals surface area contributed by atoms with Gasteiger partial charge in [0.05, 0.1) is 29.7 Å². The van der Waals surface area contributed by atoms with E-state index in [1.807, 2.05) is 11.6 Å². The fourth-order valence-corrected chi connectivity index (χ4v) is 2.43. The van der Waals surface area contributed by atoms with Gasteiger partial charge in [-0.25, -0.2) is 0 Å². The first-order valence-electron chi connectivity index (χ1n) is 5.90. The van der Waals surface area contributed by atoms with E-state index in [-0.39, 0.29) is 11.6 Å². The smallest absolute Gasteiger partial charge is 0.259 e. The van der Waals surface area contributed by atoms with Gasteiger partial charge < -0.3 is 9.72 Å². The number of aryl methyl sites for hydroxylation is 1. The van der Waals surface area contributed by atoms with Crippen molar-refractivity contribution in [1.29, 1.82) is 0 Å². The third-order valence-electron chi connectivity index (χ3n) is 3.32. The molecule has 0 spiro atoms. The van der Waals surface area contributed by atoms with Gasteiger partial charge in [-0.1, -0.05) is 0 Å². The third-order valence-corrected chi connectivity index (χ3v) is 3.32. The van der Waals surface area contributed by atoms with E-state index in [0.717, 1.165) is 30.5 Å². The summed E-state index contributed by atoms with van der Waals surface area (Å²) in [6.07, 6.45) is 5.50. The Bertz CT molecular complexity index is 593. The van der Waals surface area contributed by atoms with Gasteiger partial charge in [-0.05, 0) is 25.3 Å².